The summed E-state index contributed by atoms with van der Waals surface area (Å²) in [7, 11) is -2.28. The third-order valence-electron chi connectivity index (χ3n) is 6.06. The van der Waals surface area contributed by atoms with Crippen LogP contribution in [0.1, 0.15) is 38.2 Å². The average Bonchev–Trinajstić information content (AvgIpc) is 2.79. The Hall–Kier alpha value is -1.68. The first-order valence-electron chi connectivity index (χ1n) is 11.1. The summed E-state index contributed by atoms with van der Waals surface area (Å²) in [6.07, 6.45) is 1.35. The number of ether oxygens (including phenoxy) is 2. The highest BCUT2D eigenvalue weighted by Gasteiger charge is 2.35. The summed E-state index contributed by atoms with van der Waals surface area (Å²) in [5, 5.41) is 2.99. The standard InChI is InChI=1S/C22H35N3O5S/c1-17(2)18-6-7-20(29-3)21(15-18)31(27,28)25-9-4-5-19(16-25)22(26)23-8-10-24-11-13-30-14-12-24/h6-7,15,17,19H,4-5,8-14,16H2,1-3H3,(H,23,26)/t19-/m1/s1. The molecule has 0 spiro atoms. The first kappa shape index (κ1) is 24.0. The van der Waals surface area contributed by atoms with Crippen LogP contribution < -0.4 is 10.1 Å². The van der Waals surface area contributed by atoms with Crippen molar-refractivity contribution in [3.63, 3.8) is 0 Å². The quantitative estimate of drug-likeness (QED) is 0.644. The lowest BCUT2D eigenvalue weighted by Crippen LogP contribution is -2.47. The zero-order valence-electron chi connectivity index (χ0n) is 18.8. The topological polar surface area (TPSA) is 88.2 Å². The van der Waals surface area contributed by atoms with Crippen LogP contribution in [0.5, 0.6) is 5.75 Å². The largest absolute Gasteiger partial charge is 0.495 e. The van der Waals surface area contributed by atoms with Crippen LogP contribution in [0.4, 0.5) is 0 Å². The molecule has 0 aliphatic carbocycles. The molecule has 1 atom stereocenters. The van der Waals surface area contributed by atoms with E-state index in [1.807, 2.05) is 19.9 Å². The number of sulfonamides is 1. The molecule has 1 aromatic carbocycles. The first-order chi connectivity index (χ1) is 14.8. The molecule has 2 aliphatic heterocycles. The van der Waals surface area contributed by atoms with Crippen LogP contribution in [0.25, 0.3) is 0 Å². The van der Waals surface area contributed by atoms with E-state index in [1.165, 1.54) is 11.4 Å². The number of nitrogens with one attached hydrogen (secondary N) is 1. The molecule has 1 amide bonds. The van der Waals surface area contributed by atoms with Crippen LogP contribution in [-0.2, 0) is 19.6 Å². The molecule has 0 bridgehead atoms. The molecule has 9 heteroatoms. The normalized spacial score (nSPS) is 21.2. The van der Waals surface area contributed by atoms with E-state index in [9.17, 15) is 13.2 Å². The Labute approximate surface area is 185 Å². The minimum atomic E-state index is -3.76. The number of morpholine rings is 1. The summed E-state index contributed by atoms with van der Waals surface area (Å²) >= 11 is 0. The van der Waals surface area contributed by atoms with Crippen LogP contribution in [0.2, 0.25) is 0 Å². The van der Waals surface area contributed by atoms with Crippen molar-refractivity contribution < 1.29 is 22.7 Å². The maximum absolute atomic E-state index is 13.4. The minimum Gasteiger partial charge on any atom is -0.495 e. The van der Waals surface area contributed by atoms with Gasteiger partial charge in [0.1, 0.15) is 10.6 Å². The smallest absolute Gasteiger partial charge is 0.246 e. The fourth-order valence-electron chi connectivity index (χ4n) is 4.07. The molecule has 8 nitrogen and oxygen atoms in total. The van der Waals surface area contributed by atoms with Gasteiger partial charge in [-0.2, -0.15) is 4.31 Å². The van der Waals surface area contributed by atoms with Crippen molar-refractivity contribution in [2.45, 2.75) is 37.5 Å². The van der Waals surface area contributed by atoms with Gasteiger partial charge in [0, 0.05) is 39.3 Å². The van der Waals surface area contributed by atoms with Crippen molar-refractivity contribution >= 4 is 15.9 Å². The lowest BCUT2D eigenvalue weighted by Gasteiger charge is -2.32. The highest BCUT2D eigenvalue weighted by molar-refractivity contribution is 7.89. The number of rotatable bonds is 8. The van der Waals surface area contributed by atoms with Gasteiger partial charge in [0.2, 0.25) is 15.9 Å². The molecule has 2 aliphatic rings. The fourth-order valence-corrected chi connectivity index (χ4v) is 5.79. The van der Waals surface area contributed by atoms with Crippen LogP contribution in [0.3, 0.4) is 0 Å². The van der Waals surface area contributed by atoms with Gasteiger partial charge >= 0.3 is 0 Å². The number of benzene rings is 1. The van der Waals surface area contributed by atoms with Gasteiger partial charge in [-0.05, 0) is 36.5 Å². The van der Waals surface area contributed by atoms with Gasteiger partial charge in [-0.25, -0.2) is 8.42 Å². The van der Waals surface area contributed by atoms with Crippen molar-refractivity contribution in [1.82, 2.24) is 14.5 Å². The third-order valence-corrected chi connectivity index (χ3v) is 7.94. The Morgan fingerprint density at radius 3 is 2.68 bits per heavy atom. The van der Waals surface area contributed by atoms with Gasteiger partial charge in [-0.15, -0.1) is 0 Å². The van der Waals surface area contributed by atoms with Crippen LogP contribution in [0, 0.1) is 5.92 Å². The van der Waals surface area contributed by atoms with Gasteiger partial charge in [-0.1, -0.05) is 19.9 Å². The number of amides is 1. The molecule has 2 saturated heterocycles. The number of hydrogen-bond donors (Lipinski definition) is 1. The second-order valence-corrected chi connectivity index (χ2v) is 10.4. The lowest BCUT2D eigenvalue weighted by molar-refractivity contribution is -0.126. The minimum absolute atomic E-state index is 0.0731. The van der Waals surface area contributed by atoms with E-state index in [1.54, 1.807) is 12.1 Å². The van der Waals surface area contributed by atoms with E-state index < -0.39 is 10.0 Å². The van der Waals surface area contributed by atoms with E-state index in [4.69, 9.17) is 9.47 Å². The van der Waals surface area contributed by atoms with Crippen LogP contribution in [0.15, 0.2) is 23.1 Å². The predicted octanol–water partition coefficient (Wildman–Crippen LogP) is 1.67. The van der Waals surface area contributed by atoms with Crippen LogP contribution >= 0.6 is 0 Å². The monoisotopic (exact) mass is 453 g/mol. The molecular formula is C22H35N3O5S. The van der Waals surface area contributed by atoms with Gasteiger partial charge in [0.15, 0.2) is 0 Å². The van der Waals surface area contributed by atoms with E-state index in [-0.39, 0.29) is 29.2 Å². The SMILES string of the molecule is COc1ccc(C(C)C)cc1S(=O)(=O)N1CCC[C@@H](C(=O)NCCN2CCOCC2)C1. The maximum Gasteiger partial charge on any atom is 0.246 e. The summed E-state index contributed by atoms with van der Waals surface area (Å²) in [4.78, 5) is 15.1. The Morgan fingerprint density at radius 1 is 1.26 bits per heavy atom. The predicted molar refractivity (Wildman–Crippen MR) is 119 cm³/mol. The summed E-state index contributed by atoms with van der Waals surface area (Å²) in [6.45, 7) is 9.21. The molecule has 0 aromatic heterocycles. The van der Waals surface area contributed by atoms with Crippen molar-refractivity contribution in [2.24, 2.45) is 5.92 Å². The zero-order chi connectivity index (χ0) is 22.4. The number of hydrogen-bond acceptors (Lipinski definition) is 6. The van der Waals surface area contributed by atoms with Crippen molar-refractivity contribution in [3.05, 3.63) is 23.8 Å². The van der Waals surface area contributed by atoms with Gasteiger partial charge in [0.25, 0.3) is 0 Å². The molecule has 2 fully saturated rings. The first-order valence-corrected chi connectivity index (χ1v) is 12.5. The zero-order valence-corrected chi connectivity index (χ0v) is 19.6. The highest BCUT2D eigenvalue weighted by Crippen LogP contribution is 2.32. The molecule has 0 saturated carbocycles. The van der Waals surface area contributed by atoms with Gasteiger partial charge < -0.3 is 14.8 Å². The van der Waals surface area contributed by atoms with Crippen molar-refractivity contribution in [2.75, 3.05) is 59.6 Å². The van der Waals surface area contributed by atoms with Crippen LogP contribution in [-0.4, -0.2) is 83.1 Å². The van der Waals surface area contributed by atoms with Gasteiger partial charge in [0.05, 0.1) is 26.2 Å². The number of methoxy groups -OCH3 is 1. The Balaban J connectivity index is 1.65. The summed E-state index contributed by atoms with van der Waals surface area (Å²) in [5.74, 6) is 0.122. The van der Waals surface area contributed by atoms with E-state index in [0.29, 0.717) is 31.7 Å². The molecule has 1 N–H and O–H groups in total. The molecule has 3 rings (SSSR count). The number of nitrogens with zero attached hydrogens (tertiary/aromatic N) is 2. The summed E-state index contributed by atoms with van der Waals surface area (Å²) in [5.41, 5.74) is 0.939. The van der Waals surface area contributed by atoms with Gasteiger partial charge in [-0.3, -0.25) is 9.69 Å². The maximum atomic E-state index is 13.4. The molecule has 174 valence electrons. The van der Waals surface area contributed by atoms with Crippen molar-refractivity contribution in [1.29, 1.82) is 0 Å². The molecule has 31 heavy (non-hydrogen) atoms. The Bertz CT molecular complexity index is 853. The molecule has 2 heterocycles. The molecule has 0 radical (unpaired) electrons. The van der Waals surface area contributed by atoms with Crippen molar-refractivity contribution in [3.8, 4) is 5.75 Å². The molecule has 0 unspecified atom stereocenters. The highest BCUT2D eigenvalue weighted by atomic mass is 32.2. The average molecular weight is 454 g/mol. The third kappa shape index (κ3) is 5.97. The summed E-state index contributed by atoms with van der Waals surface area (Å²) in [6, 6.07) is 5.30. The van der Waals surface area contributed by atoms with E-state index >= 15 is 0 Å². The second kappa shape index (κ2) is 10.8. The lowest BCUT2D eigenvalue weighted by atomic mass is 9.99. The molecular weight excluding hydrogens is 418 g/mol. The number of piperidine rings is 1. The second-order valence-electron chi connectivity index (χ2n) is 8.51. The van der Waals surface area contributed by atoms with E-state index in [2.05, 4.69) is 10.2 Å². The molecule has 1 aromatic rings. The number of carbonyl (C=O) groups excluding carboxylic acids is 1. The summed E-state index contributed by atoms with van der Waals surface area (Å²) < 4.78 is 39.0. The Morgan fingerprint density at radius 2 is 2.00 bits per heavy atom. The fraction of sp³-hybridized carbons (Fsp3) is 0.682. The Kier molecular flexibility index (Phi) is 8.32. The number of carbonyl (C=O) groups is 1. The van der Waals surface area contributed by atoms with E-state index in [0.717, 1.165) is 38.4 Å².